The van der Waals surface area contributed by atoms with Crippen molar-refractivity contribution in [2.75, 3.05) is 5.73 Å². The Morgan fingerprint density at radius 2 is 2.31 bits per heavy atom. The molecule has 5 nitrogen and oxygen atoms in total. The average molecular weight is 287 g/mol. The minimum absolute atomic E-state index is 0.264. The molecule has 86 valence electrons. The average Bonchev–Trinajstić information content (AvgIpc) is 2.19. The van der Waals surface area contributed by atoms with E-state index in [-0.39, 0.29) is 5.82 Å². The van der Waals surface area contributed by atoms with Gasteiger partial charge in [-0.1, -0.05) is 6.08 Å². The van der Waals surface area contributed by atoms with Crippen LogP contribution in [0, 0.1) is 0 Å². The number of nitrogens with two attached hydrogens (primary N) is 1. The lowest BCUT2D eigenvalue weighted by atomic mass is 10.1. The van der Waals surface area contributed by atoms with Crippen molar-refractivity contribution in [2.45, 2.75) is 12.5 Å². The van der Waals surface area contributed by atoms with Crippen molar-refractivity contribution in [2.24, 2.45) is 0 Å². The molecule has 1 aromatic rings. The summed E-state index contributed by atoms with van der Waals surface area (Å²) in [6, 6.07) is 1.68. The van der Waals surface area contributed by atoms with Gasteiger partial charge in [0, 0.05) is 16.2 Å². The molecule has 6 heteroatoms. The number of nitrogens with zero attached hydrogens (tertiary/aromatic N) is 1. The fourth-order valence-electron chi connectivity index (χ4n) is 0.922. The lowest BCUT2D eigenvalue weighted by molar-refractivity contribution is -0.151. The second-order valence-corrected chi connectivity index (χ2v) is 4.33. The zero-order valence-corrected chi connectivity index (χ0v) is 10.1. The van der Waals surface area contributed by atoms with E-state index in [9.17, 15) is 9.90 Å². The van der Waals surface area contributed by atoms with Gasteiger partial charge in [0.05, 0.1) is 0 Å². The molecule has 0 fully saturated rings. The molecule has 16 heavy (non-hydrogen) atoms. The lowest BCUT2D eigenvalue weighted by Gasteiger charge is -2.12. The Labute approximate surface area is 101 Å². The molecule has 0 bridgehead atoms. The molecule has 0 saturated heterocycles. The van der Waals surface area contributed by atoms with Gasteiger partial charge in [0.1, 0.15) is 5.82 Å². The first-order chi connectivity index (χ1) is 7.33. The number of nitrogen functional groups attached to an aromatic ring is 1. The molecule has 1 aromatic heterocycles. The van der Waals surface area contributed by atoms with Gasteiger partial charge in [0.25, 0.3) is 0 Å². The summed E-state index contributed by atoms with van der Waals surface area (Å²) in [7, 11) is 0. The maximum Gasteiger partial charge on any atom is 0.339 e. The number of halogens is 1. The Balaban J connectivity index is 3.00. The van der Waals surface area contributed by atoms with E-state index in [1.54, 1.807) is 6.07 Å². The Bertz CT molecular complexity index is 444. The number of hydrogen-bond acceptors (Lipinski definition) is 4. The largest absolute Gasteiger partial charge is 0.479 e. The Hall–Kier alpha value is -1.40. The number of pyridine rings is 1. The molecule has 4 N–H and O–H groups in total. The molecule has 0 aromatic carbocycles. The third-order valence-corrected chi connectivity index (χ3v) is 2.37. The van der Waals surface area contributed by atoms with Gasteiger partial charge in [-0.05, 0) is 35.0 Å². The third kappa shape index (κ3) is 3.04. The number of carbonyl (C=O) groups is 1. The molecule has 0 aliphatic rings. The van der Waals surface area contributed by atoms with E-state index in [2.05, 4.69) is 20.9 Å². The highest BCUT2D eigenvalue weighted by atomic mass is 79.9. The predicted molar refractivity (Wildman–Crippen MR) is 63.6 cm³/mol. The van der Waals surface area contributed by atoms with Crippen LogP contribution in [0.15, 0.2) is 22.8 Å². The monoisotopic (exact) mass is 286 g/mol. The Morgan fingerprint density at radius 3 is 2.88 bits per heavy atom. The zero-order valence-electron chi connectivity index (χ0n) is 8.51. The van der Waals surface area contributed by atoms with Gasteiger partial charge in [0.15, 0.2) is 5.60 Å². The summed E-state index contributed by atoms with van der Waals surface area (Å²) in [4.78, 5) is 14.5. The molecular weight excluding hydrogens is 276 g/mol. The van der Waals surface area contributed by atoms with Crippen LogP contribution in [-0.4, -0.2) is 26.8 Å². The molecule has 0 aliphatic carbocycles. The summed E-state index contributed by atoms with van der Waals surface area (Å²) in [6.07, 6.45) is 4.10. The van der Waals surface area contributed by atoms with Crippen molar-refractivity contribution in [1.29, 1.82) is 0 Å². The highest BCUT2D eigenvalue weighted by Gasteiger charge is 2.25. The molecule has 1 atom stereocenters. The van der Waals surface area contributed by atoms with Crippen molar-refractivity contribution < 1.29 is 15.0 Å². The molecule has 1 unspecified atom stereocenters. The fourth-order valence-corrected chi connectivity index (χ4v) is 1.27. The van der Waals surface area contributed by atoms with Gasteiger partial charge >= 0.3 is 5.97 Å². The Morgan fingerprint density at radius 1 is 1.69 bits per heavy atom. The van der Waals surface area contributed by atoms with Crippen LogP contribution in [0.2, 0.25) is 0 Å². The first-order valence-corrected chi connectivity index (χ1v) is 5.18. The van der Waals surface area contributed by atoms with Crippen LogP contribution in [0.3, 0.4) is 0 Å². The number of carboxylic acids is 1. The third-order valence-electron chi connectivity index (χ3n) is 1.94. The molecule has 0 amide bonds. The van der Waals surface area contributed by atoms with Gasteiger partial charge in [-0.25, -0.2) is 9.78 Å². The van der Waals surface area contributed by atoms with Gasteiger partial charge < -0.3 is 15.9 Å². The van der Waals surface area contributed by atoms with Crippen LogP contribution >= 0.6 is 15.9 Å². The second-order valence-electron chi connectivity index (χ2n) is 3.41. The van der Waals surface area contributed by atoms with Crippen molar-refractivity contribution in [3.63, 3.8) is 0 Å². The van der Waals surface area contributed by atoms with E-state index in [1.165, 1.54) is 19.2 Å². The summed E-state index contributed by atoms with van der Waals surface area (Å²) in [5.74, 6) is -1.06. The number of aromatic nitrogens is 1. The lowest BCUT2D eigenvalue weighted by Crippen LogP contribution is -2.32. The number of aliphatic carboxylic acids is 1. The number of rotatable bonds is 3. The van der Waals surface area contributed by atoms with Crippen molar-refractivity contribution in [3.05, 3.63) is 28.4 Å². The number of carboxylic acid groups (broad SMARTS) is 1. The van der Waals surface area contributed by atoms with Gasteiger partial charge in [-0.3, -0.25) is 0 Å². The van der Waals surface area contributed by atoms with E-state index in [4.69, 9.17) is 10.8 Å². The van der Waals surface area contributed by atoms with Crippen molar-refractivity contribution in [1.82, 2.24) is 4.98 Å². The van der Waals surface area contributed by atoms with E-state index in [0.717, 1.165) is 10.5 Å². The summed E-state index contributed by atoms with van der Waals surface area (Å²) >= 11 is 3.21. The topological polar surface area (TPSA) is 96.4 Å². The highest BCUT2D eigenvalue weighted by molar-refractivity contribution is 9.10. The molecule has 0 spiro atoms. The maximum absolute atomic E-state index is 10.6. The smallest absolute Gasteiger partial charge is 0.339 e. The first kappa shape index (κ1) is 12.7. The van der Waals surface area contributed by atoms with E-state index < -0.39 is 11.6 Å². The summed E-state index contributed by atoms with van der Waals surface area (Å²) in [6.45, 7) is 1.17. The summed E-state index contributed by atoms with van der Waals surface area (Å²) in [5.41, 5.74) is 4.20. The maximum atomic E-state index is 10.6. The molecule has 1 heterocycles. The van der Waals surface area contributed by atoms with Gasteiger partial charge in [-0.2, -0.15) is 0 Å². The predicted octanol–water partition coefficient (Wildman–Crippen LogP) is 1.28. The number of hydrogen-bond donors (Lipinski definition) is 3. The number of aliphatic hydroxyl groups is 1. The quantitative estimate of drug-likeness (QED) is 0.778. The van der Waals surface area contributed by atoms with Gasteiger partial charge in [0.2, 0.25) is 0 Å². The molecule has 0 radical (unpaired) electrons. The summed E-state index contributed by atoms with van der Waals surface area (Å²) < 4.78 is 0.719. The van der Waals surface area contributed by atoms with Crippen LogP contribution in [0.25, 0.3) is 6.08 Å². The van der Waals surface area contributed by atoms with E-state index in [0.29, 0.717) is 5.56 Å². The van der Waals surface area contributed by atoms with Crippen LogP contribution in [0.5, 0.6) is 0 Å². The second kappa shape index (κ2) is 4.63. The zero-order chi connectivity index (χ0) is 12.3. The van der Waals surface area contributed by atoms with Crippen molar-refractivity contribution >= 4 is 33.8 Å². The Kier molecular flexibility index (Phi) is 3.66. The highest BCUT2D eigenvalue weighted by Crippen LogP contribution is 2.18. The van der Waals surface area contributed by atoms with Gasteiger partial charge in [-0.15, -0.1) is 0 Å². The summed E-state index contributed by atoms with van der Waals surface area (Å²) in [5, 5.41) is 18.1. The SMILES string of the molecule is CC(O)(C=Cc1cc(Br)cnc1N)C(=O)O. The standard InChI is InChI=1S/C10H11BrN2O3/c1-10(16,9(14)15)3-2-6-4-7(11)5-13-8(6)12/h2-5,16H,1H3,(H2,12,13)(H,14,15). The minimum atomic E-state index is -1.92. The van der Waals surface area contributed by atoms with Crippen molar-refractivity contribution in [3.8, 4) is 0 Å². The first-order valence-electron chi connectivity index (χ1n) is 4.39. The van der Waals surface area contributed by atoms with Crippen LogP contribution in [-0.2, 0) is 4.79 Å². The molecule has 0 aliphatic heterocycles. The van der Waals surface area contributed by atoms with E-state index in [1.807, 2.05) is 0 Å². The molecule has 0 saturated carbocycles. The number of anilines is 1. The normalized spacial score (nSPS) is 14.9. The fraction of sp³-hybridized carbons (Fsp3) is 0.200. The van der Waals surface area contributed by atoms with Crippen LogP contribution in [0.4, 0.5) is 5.82 Å². The molecular formula is C10H11BrN2O3. The van der Waals surface area contributed by atoms with Crippen LogP contribution < -0.4 is 5.73 Å². The van der Waals surface area contributed by atoms with E-state index >= 15 is 0 Å². The molecule has 1 rings (SSSR count). The van der Waals surface area contributed by atoms with Crippen LogP contribution in [0.1, 0.15) is 12.5 Å². The minimum Gasteiger partial charge on any atom is -0.479 e.